The van der Waals surface area contributed by atoms with Gasteiger partial charge in [-0.05, 0) is 44.5 Å². The van der Waals surface area contributed by atoms with E-state index < -0.39 is 0 Å². The van der Waals surface area contributed by atoms with Crippen molar-refractivity contribution < 1.29 is 94.4 Å². The van der Waals surface area contributed by atoms with E-state index in [1.165, 1.54) is 30.0 Å². The summed E-state index contributed by atoms with van der Waals surface area (Å²) in [5.74, 6) is 8.92. The molecular weight excluding hydrogens is 1140 g/mol. The maximum Gasteiger partial charge on any atom is 1.00 e. The summed E-state index contributed by atoms with van der Waals surface area (Å²) in [7, 11) is 6.53. The normalized spacial score (nSPS) is 12.2. The first-order valence-corrected chi connectivity index (χ1v) is 27.6. The molecule has 2 aromatic carbocycles. The Balaban J connectivity index is 0.000000341. The molecule has 0 unspecified atom stereocenters. The van der Waals surface area contributed by atoms with E-state index in [2.05, 4.69) is 99.5 Å². The molecule has 24 nitrogen and oxygen atoms in total. The predicted octanol–water partition coefficient (Wildman–Crippen LogP) is 1.96. The Bertz CT molecular complexity index is 3430. The number of benzene rings is 2. The van der Waals surface area contributed by atoms with Crippen molar-refractivity contribution in [2.24, 2.45) is 0 Å². The number of ether oxygens (including phenoxy) is 4. The SMILES string of the molecule is CC#N.CC(C)c1ncc2n1CCNC2.CCCc1nc2c(C)c(Cl)nc(NCc3ccc(OC)cc3OC)n2n1.COc1ccc(CNc2nc(Cl)c(C)c3nc(CCN4CCn5c(cnc5C(C)C)C4)nn23)c(OC)c1.O=CO[O-].[H-].[Na+].[Na+]. The predicted molar refractivity (Wildman–Crippen MR) is 312 cm³/mol. The molecule has 0 aliphatic carbocycles. The van der Waals surface area contributed by atoms with Crippen LogP contribution >= 0.6 is 23.2 Å². The van der Waals surface area contributed by atoms with Gasteiger partial charge in [-0.15, -0.1) is 10.2 Å². The molecule has 0 bridgehead atoms. The van der Waals surface area contributed by atoms with Crippen LogP contribution in [0, 0.1) is 25.2 Å². The van der Waals surface area contributed by atoms with Gasteiger partial charge in [-0.2, -0.15) is 14.3 Å². The van der Waals surface area contributed by atoms with Crippen LogP contribution in [-0.2, 0) is 61.8 Å². The second-order valence-electron chi connectivity index (χ2n) is 19.5. The van der Waals surface area contributed by atoms with E-state index in [0.717, 1.165) is 128 Å². The standard InChI is InChI=1S/C26H33ClN8O2.C18H22ClN5O2.C9H15N3.C2H3N.CH2O3.2Na.H/c1-16(2)24-28-14-19-15-33(10-11-34(19)24)9-8-22-30-25-17(3)23(27)31-26(35(25)32-22)29-13-18-6-7-20(36-4)12-21(18)37-5;1-5-6-15-21-17-11(2)16(19)22-18(24(17)23-15)20-10-12-7-8-13(25-3)9-14(12)26-4;1-7(2)9-11-6-8-5-10-3-4-12(8)9;1-2-3;2-1-4-3;;;/h6-7,12,14,16H,8-11,13,15H2,1-5H3,(H,29,31);7-9H,5-6,10H2,1-4H3,(H,20,22);6-7,10H,3-5H2,1-2H3;1H3;1,3H;;;/q;;;;;2*+1;-1/p-1. The molecule has 0 spiro atoms. The number of halogens is 2. The van der Waals surface area contributed by atoms with Crippen LogP contribution < -0.4 is 99.3 Å². The zero-order chi connectivity index (χ0) is 59.5. The number of nitrogens with zero attached hydrogens (tertiary/aromatic N) is 14. The summed E-state index contributed by atoms with van der Waals surface area (Å²) in [5, 5.41) is 35.9. The molecule has 8 heterocycles. The Morgan fingerprint density at radius 2 is 1.20 bits per heavy atom. The first-order valence-electron chi connectivity index (χ1n) is 26.8. The van der Waals surface area contributed by atoms with Crippen molar-refractivity contribution in [1.82, 2.24) is 68.5 Å². The zero-order valence-corrected chi connectivity index (χ0v) is 56.2. The molecular formula is C56H75Cl2N17Na2O7. The van der Waals surface area contributed by atoms with E-state index in [4.69, 9.17) is 67.5 Å². The van der Waals surface area contributed by atoms with Gasteiger partial charge in [0, 0.05) is 137 Å². The van der Waals surface area contributed by atoms with Gasteiger partial charge >= 0.3 is 59.1 Å². The van der Waals surface area contributed by atoms with Gasteiger partial charge in [-0.1, -0.05) is 57.8 Å². The summed E-state index contributed by atoms with van der Waals surface area (Å²) in [6.07, 6.45) is 6.52. The first kappa shape index (κ1) is 70.7. The quantitative estimate of drug-likeness (QED) is 0.0364. The molecule has 84 heavy (non-hydrogen) atoms. The Hall–Kier alpha value is -5.82. The monoisotopic (exact) mass is 1210 g/mol. The topological polar surface area (TPSA) is 271 Å². The maximum absolute atomic E-state index is 8.64. The van der Waals surface area contributed by atoms with Crippen LogP contribution in [0.4, 0.5) is 11.9 Å². The number of nitrogens with one attached hydrogen (secondary N) is 3. The van der Waals surface area contributed by atoms with Crippen LogP contribution in [0.25, 0.3) is 11.3 Å². The third kappa shape index (κ3) is 18.4. The van der Waals surface area contributed by atoms with Crippen molar-refractivity contribution >= 4 is 52.9 Å². The van der Waals surface area contributed by atoms with Gasteiger partial charge in [0.1, 0.15) is 45.0 Å². The number of methoxy groups -OCH3 is 4. The van der Waals surface area contributed by atoms with Crippen LogP contribution in [0.2, 0.25) is 10.3 Å². The molecule has 6 aromatic heterocycles. The number of hydrogen-bond acceptors (Lipinski definition) is 20. The van der Waals surface area contributed by atoms with Gasteiger partial charge in [0.05, 0.1) is 45.9 Å². The summed E-state index contributed by atoms with van der Waals surface area (Å²) in [4.78, 5) is 41.1. The fourth-order valence-corrected chi connectivity index (χ4v) is 9.43. The Labute approximate surface area is 546 Å². The molecule has 3 N–H and O–H groups in total. The minimum Gasteiger partial charge on any atom is -1.00 e. The average Bonchev–Trinajstić information content (AvgIpc) is 4.52. The van der Waals surface area contributed by atoms with Crippen molar-refractivity contribution in [3.8, 4) is 29.1 Å². The third-order valence-corrected chi connectivity index (χ3v) is 14.0. The first-order chi connectivity index (χ1) is 39.6. The van der Waals surface area contributed by atoms with E-state index in [-0.39, 0.29) is 67.0 Å². The number of hydrogen-bond donors (Lipinski definition) is 3. The number of nitriles is 1. The van der Waals surface area contributed by atoms with Crippen LogP contribution in [0.1, 0.15) is 118 Å². The maximum atomic E-state index is 8.64. The van der Waals surface area contributed by atoms with Gasteiger partial charge in [0.25, 0.3) is 6.47 Å². The Kier molecular flexibility index (Phi) is 29.4. The molecule has 0 saturated carbocycles. The van der Waals surface area contributed by atoms with Crippen molar-refractivity contribution in [2.75, 3.05) is 58.7 Å². The van der Waals surface area contributed by atoms with E-state index in [1.807, 2.05) is 62.6 Å². The second kappa shape index (κ2) is 35.0. The van der Waals surface area contributed by atoms with E-state index in [9.17, 15) is 0 Å². The van der Waals surface area contributed by atoms with Crippen molar-refractivity contribution in [3.63, 3.8) is 0 Å². The molecule has 2 aliphatic rings. The van der Waals surface area contributed by atoms with E-state index >= 15 is 0 Å². The van der Waals surface area contributed by atoms with Gasteiger partial charge in [-0.25, -0.2) is 29.9 Å². The van der Waals surface area contributed by atoms with Crippen molar-refractivity contribution in [1.29, 1.82) is 5.26 Å². The second-order valence-corrected chi connectivity index (χ2v) is 20.2. The number of carbonyl (C=O) groups is 1. The smallest absolute Gasteiger partial charge is 1.00 e. The molecule has 0 fully saturated rings. The number of imidazole rings is 2. The molecule has 0 atom stereocenters. The fourth-order valence-electron chi connectivity index (χ4n) is 9.10. The Morgan fingerprint density at radius 3 is 1.64 bits per heavy atom. The number of aryl methyl sites for hydroxylation is 3. The molecule has 0 amide bonds. The largest absolute Gasteiger partial charge is 1.00 e. The minimum atomic E-state index is -0.181. The molecule has 8 aromatic rings. The van der Waals surface area contributed by atoms with Crippen LogP contribution in [-0.4, -0.2) is 118 Å². The van der Waals surface area contributed by atoms with Crippen molar-refractivity contribution in [2.45, 2.75) is 126 Å². The molecule has 28 heteroatoms. The van der Waals surface area contributed by atoms with Gasteiger partial charge < -0.3 is 55.6 Å². The zero-order valence-electron chi connectivity index (χ0n) is 51.7. The van der Waals surface area contributed by atoms with Gasteiger partial charge in [0.15, 0.2) is 22.9 Å². The van der Waals surface area contributed by atoms with Crippen molar-refractivity contribution in [3.05, 3.63) is 116 Å². The number of aromatic nitrogens is 12. The average molecular weight is 1220 g/mol. The molecule has 10 rings (SSSR count). The molecule has 442 valence electrons. The summed E-state index contributed by atoms with van der Waals surface area (Å²) >= 11 is 12.7. The molecule has 0 radical (unpaired) electrons. The fraction of sp³-hybridized carbons (Fsp3) is 0.464. The summed E-state index contributed by atoms with van der Waals surface area (Å²) in [6, 6.07) is 13.1. The van der Waals surface area contributed by atoms with Crippen LogP contribution in [0.5, 0.6) is 23.0 Å². The summed E-state index contributed by atoms with van der Waals surface area (Å²) < 4.78 is 29.6. The Morgan fingerprint density at radius 1 is 0.738 bits per heavy atom. The molecule has 2 aliphatic heterocycles. The van der Waals surface area contributed by atoms with E-state index in [0.29, 0.717) is 52.8 Å². The summed E-state index contributed by atoms with van der Waals surface area (Å²) in [6.45, 7) is 23.7. The minimum absolute atomic E-state index is 0. The summed E-state index contributed by atoms with van der Waals surface area (Å²) in [5.41, 5.74) is 7.56. The third-order valence-electron chi connectivity index (χ3n) is 13.2. The van der Waals surface area contributed by atoms with Crippen LogP contribution in [0.15, 0.2) is 48.8 Å². The van der Waals surface area contributed by atoms with Gasteiger partial charge in [0.2, 0.25) is 11.9 Å². The number of fused-ring (bicyclic) bond motifs is 4. The number of anilines is 2. The van der Waals surface area contributed by atoms with Crippen LogP contribution in [0.3, 0.4) is 0 Å². The van der Waals surface area contributed by atoms with E-state index in [1.54, 1.807) is 43.5 Å². The number of rotatable bonds is 18. The number of carbonyl (C=O) groups excluding carboxylic acids is 1. The van der Waals surface area contributed by atoms with Gasteiger partial charge in [-0.3, -0.25) is 9.69 Å². The molecule has 0 saturated heterocycles.